The van der Waals surface area contributed by atoms with Crippen molar-refractivity contribution >= 4 is 13.9 Å². The van der Waals surface area contributed by atoms with Crippen LogP contribution in [0.5, 0.6) is 0 Å². The maximum atomic E-state index is 4.99. The van der Waals surface area contributed by atoms with E-state index in [9.17, 15) is 0 Å². The highest BCUT2D eigenvalue weighted by molar-refractivity contribution is 6.75. The first-order valence-electron chi connectivity index (χ1n) is 6.59. The van der Waals surface area contributed by atoms with Crippen LogP contribution in [-0.4, -0.2) is 18.9 Å². The number of aromatic nitrogens is 1. The molecule has 0 N–H and O–H groups in total. The SMILES string of the molecule is C[Si](C)(C)N=C(Cc1ccccn1)c1ccccc1. The lowest BCUT2D eigenvalue weighted by atomic mass is 10.1. The third-order valence-electron chi connectivity index (χ3n) is 2.65. The van der Waals surface area contributed by atoms with Crippen LogP contribution in [0.1, 0.15) is 11.3 Å². The first kappa shape index (κ1) is 13.7. The minimum absolute atomic E-state index is 0.801. The summed E-state index contributed by atoms with van der Waals surface area (Å²) in [5, 5.41) is 0. The highest BCUT2D eigenvalue weighted by Gasteiger charge is 2.14. The zero-order valence-corrected chi connectivity index (χ0v) is 12.8. The molecule has 0 aliphatic carbocycles. The van der Waals surface area contributed by atoms with Crippen LogP contribution in [0, 0.1) is 0 Å². The number of nitrogens with zero attached hydrogens (tertiary/aromatic N) is 2. The average molecular weight is 268 g/mol. The Balaban J connectivity index is 2.34. The number of hydrogen-bond donors (Lipinski definition) is 0. The molecule has 0 bridgehead atoms. The second-order valence-corrected chi connectivity index (χ2v) is 10.2. The molecule has 0 atom stereocenters. The normalized spacial score (nSPS) is 12.5. The first-order valence-corrected chi connectivity index (χ1v) is 10.0. The van der Waals surface area contributed by atoms with Gasteiger partial charge in [0.1, 0.15) is 0 Å². The molecule has 0 spiro atoms. The topological polar surface area (TPSA) is 25.2 Å². The van der Waals surface area contributed by atoms with Crippen LogP contribution in [0.2, 0.25) is 19.6 Å². The Morgan fingerprint density at radius 3 is 2.26 bits per heavy atom. The smallest absolute Gasteiger partial charge is 0.172 e. The summed E-state index contributed by atoms with van der Waals surface area (Å²) in [6, 6.07) is 16.4. The molecule has 0 radical (unpaired) electrons. The van der Waals surface area contributed by atoms with Crippen LogP contribution in [0.25, 0.3) is 0 Å². The van der Waals surface area contributed by atoms with Gasteiger partial charge < -0.3 is 4.66 Å². The van der Waals surface area contributed by atoms with Gasteiger partial charge in [0.15, 0.2) is 8.24 Å². The van der Waals surface area contributed by atoms with E-state index in [1.54, 1.807) is 0 Å². The lowest BCUT2D eigenvalue weighted by Gasteiger charge is -2.14. The van der Waals surface area contributed by atoms with E-state index in [-0.39, 0.29) is 0 Å². The Labute approximate surface area is 116 Å². The fourth-order valence-corrected chi connectivity index (χ4v) is 2.93. The van der Waals surface area contributed by atoms with Gasteiger partial charge in [0, 0.05) is 24.0 Å². The van der Waals surface area contributed by atoms with E-state index in [1.165, 1.54) is 5.56 Å². The molecule has 98 valence electrons. The Hall–Kier alpha value is -1.74. The summed E-state index contributed by atoms with van der Waals surface area (Å²) in [4.78, 5) is 4.41. The van der Waals surface area contributed by atoms with E-state index in [0.717, 1.165) is 17.8 Å². The molecule has 1 heterocycles. The van der Waals surface area contributed by atoms with Gasteiger partial charge in [-0.1, -0.05) is 36.4 Å². The van der Waals surface area contributed by atoms with Crippen molar-refractivity contribution in [1.29, 1.82) is 0 Å². The van der Waals surface area contributed by atoms with E-state index < -0.39 is 8.24 Å². The summed E-state index contributed by atoms with van der Waals surface area (Å²) in [5.41, 5.74) is 3.43. The summed E-state index contributed by atoms with van der Waals surface area (Å²) in [5.74, 6) is 0. The summed E-state index contributed by atoms with van der Waals surface area (Å²) < 4.78 is 4.99. The molecule has 2 rings (SSSR count). The highest BCUT2D eigenvalue weighted by Crippen LogP contribution is 2.11. The maximum Gasteiger partial charge on any atom is 0.172 e. The number of pyridine rings is 1. The van der Waals surface area contributed by atoms with Crippen LogP contribution in [0.4, 0.5) is 0 Å². The van der Waals surface area contributed by atoms with Crippen molar-refractivity contribution < 1.29 is 0 Å². The molecule has 0 aliphatic rings. The van der Waals surface area contributed by atoms with Gasteiger partial charge in [0.2, 0.25) is 0 Å². The van der Waals surface area contributed by atoms with E-state index in [2.05, 4.69) is 55.0 Å². The molecule has 2 aromatic rings. The average Bonchev–Trinajstić information content (AvgIpc) is 2.39. The standard InChI is InChI=1S/C16H20N2Si/c1-19(2,3)18-16(14-9-5-4-6-10-14)13-15-11-7-8-12-17-15/h4-12H,13H2,1-3H3. The minimum atomic E-state index is -1.50. The van der Waals surface area contributed by atoms with Gasteiger partial charge in [-0.3, -0.25) is 4.98 Å². The van der Waals surface area contributed by atoms with Crippen LogP contribution >= 0.6 is 0 Å². The lowest BCUT2D eigenvalue weighted by molar-refractivity contribution is 1.14. The molecule has 3 heteroatoms. The predicted octanol–water partition coefficient (Wildman–Crippen LogP) is 3.95. The van der Waals surface area contributed by atoms with Gasteiger partial charge >= 0.3 is 0 Å². The Morgan fingerprint density at radius 2 is 1.68 bits per heavy atom. The van der Waals surface area contributed by atoms with Crippen LogP contribution in [-0.2, 0) is 6.42 Å². The monoisotopic (exact) mass is 268 g/mol. The molecule has 0 amide bonds. The zero-order valence-electron chi connectivity index (χ0n) is 11.8. The second kappa shape index (κ2) is 5.93. The lowest BCUT2D eigenvalue weighted by Crippen LogP contribution is -2.21. The molecule has 0 saturated carbocycles. The Morgan fingerprint density at radius 1 is 1.00 bits per heavy atom. The summed E-state index contributed by atoms with van der Waals surface area (Å²) in [7, 11) is -1.50. The molecule has 19 heavy (non-hydrogen) atoms. The molecule has 1 aromatic heterocycles. The van der Waals surface area contributed by atoms with Crippen molar-refractivity contribution in [3.05, 3.63) is 66.0 Å². The fraction of sp³-hybridized carbons (Fsp3) is 0.250. The molecular formula is C16H20N2Si. The molecule has 0 aliphatic heterocycles. The van der Waals surface area contributed by atoms with E-state index >= 15 is 0 Å². The molecule has 2 nitrogen and oxygen atoms in total. The fourth-order valence-electron chi connectivity index (χ4n) is 1.92. The Bertz CT molecular complexity index is 542. The minimum Gasteiger partial charge on any atom is -0.325 e. The summed E-state index contributed by atoms with van der Waals surface area (Å²) in [6.07, 6.45) is 2.64. The van der Waals surface area contributed by atoms with Crippen molar-refractivity contribution in [3.63, 3.8) is 0 Å². The van der Waals surface area contributed by atoms with Crippen LogP contribution in [0.3, 0.4) is 0 Å². The third kappa shape index (κ3) is 4.45. The van der Waals surface area contributed by atoms with Crippen molar-refractivity contribution in [2.24, 2.45) is 4.66 Å². The van der Waals surface area contributed by atoms with Gasteiger partial charge in [-0.05, 0) is 37.3 Å². The van der Waals surface area contributed by atoms with Crippen molar-refractivity contribution in [1.82, 2.24) is 4.98 Å². The molecule has 0 unspecified atom stereocenters. The largest absolute Gasteiger partial charge is 0.325 e. The van der Waals surface area contributed by atoms with E-state index in [4.69, 9.17) is 4.66 Å². The number of benzene rings is 1. The third-order valence-corrected chi connectivity index (χ3v) is 3.59. The van der Waals surface area contributed by atoms with Crippen molar-refractivity contribution in [3.8, 4) is 0 Å². The zero-order chi connectivity index (χ0) is 13.7. The van der Waals surface area contributed by atoms with Crippen LogP contribution < -0.4 is 0 Å². The number of hydrogen-bond acceptors (Lipinski definition) is 2. The van der Waals surface area contributed by atoms with Gasteiger partial charge in [0.25, 0.3) is 0 Å². The van der Waals surface area contributed by atoms with Gasteiger partial charge in [0.05, 0.1) is 0 Å². The quantitative estimate of drug-likeness (QED) is 0.609. The highest BCUT2D eigenvalue weighted by atomic mass is 28.3. The van der Waals surface area contributed by atoms with Crippen molar-refractivity contribution in [2.75, 3.05) is 0 Å². The van der Waals surface area contributed by atoms with Gasteiger partial charge in [-0.15, -0.1) is 0 Å². The van der Waals surface area contributed by atoms with Gasteiger partial charge in [-0.2, -0.15) is 0 Å². The molecule has 1 aromatic carbocycles. The summed E-state index contributed by atoms with van der Waals surface area (Å²) in [6.45, 7) is 6.77. The predicted molar refractivity (Wildman–Crippen MR) is 84.3 cm³/mol. The molecule has 0 fully saturated rings. The summed E-state index contributed by atoms with van der Waals surface area (Å²) >= 11 is 0. The van der Waals surface area contributed by atoms with E-state index in [1.807, 2.05) is 24.4 Å². The van der Waals surface area contributed by atoms with E-state index in [0.29, 0.717) is 0 Å². The molecule has 0 saturated heterocycles. The Kier molecular flexibility index (Phi) is 4.27. The first-order chi connectivity index (χ1) is 9.04. The number of rotatable bonds is 4. The maximum absolute atomic E-state index is 4.99. The van der Waals surface area contributed by atoms with Crippen LogP contribution in [0.15, 0.2) is 59.4 Å². The molecular weight excluding hydrogens is 248 g/mol. The van der Waals surface area contributed by atoms with Gasteiger partial charge in [-0.25, -0.2) is 0 Å². The second-order valence-electron chi connectivity index (χ2n) is 5.59. The van der Waals surface area contributed by atoms with Crippen molar-refractivity contribution in [2.45, 2.75) is 26.1 Å².